The van der Waals surface area contributed by atoms with Gasteiger partial charge in [0.1, 0.15) is 6.04 Å². The van der Waals surface area contributed by atoms with Crippen LogP contribution in [0, 0.1) is 0 Å². The van der Waals surface area contributed by atoms with Gasteiger partial charge in [-0.25, -0.2) is 4.79 Å². The number of nitrogens with one attached hydrogen (secondary N) is 1. The Morgan fingerprint density at radius 2 is 2.22 bits per heavy atom. The summed E-state index contributed by atoms with van der Waals surface area (Å²) in [5.74, 6) is -0.342. The molecule has 18 heavy (non-hydrogen) atoms. The first-order valence-electron chi connectivity index (χ1n) is 5.64. The van der Waals surface area contributed by atoms with Gasteiger partial charge in [-0.1, -0.05) is 6.92 Å². The summed E-state index contributed by atoms with van der Waals surface area (Å²) in [4.78, 5) is 16.1. The van der Waals surface area contributed by atoms with E-state index in [1.54, 1.807) is 6.20 Å². The van der Waals surface area contributed by atoms with Crippen molar-refractivity contribution in [1.82, 2.24) is 10.3 Å². The third-order valence-corrected chi connectivity index (χ3v) is 3.68. The van der Waals surface area contributed by atoms with Crippen molar-refractivity contribution >= 4 is 37.8 Å². The first kappa shape index (κ1) is 15.6. The number of aromatic nitrogens is 1. The van der Waals surface area contributed by atoms with Crippen LogP contribution >= 0.6 is 31.9 Å². The molecule has 1 aromatic heterocycles. The van der Waals surface area contributed by atoms with Gasteiger partial charge >= 0.3 is 5.97 Å². The first-order chi connectivity index (χ1) is 8.49. The second-order valence-corrected chi connectivity index (χ2v) is 5.72. The van der Waals surface area contributed by atoms with Gasteiger partial charge in [0, 0.05) is 21.2 Å². The summed E-state index contributed by atoms with van der Waals surface area (Å²) in [7, 11) is 1.38. The van der Waals surface area contributed by atoms with E-state index in [9.17, 15) is 4.79 Å². The van der Waals surface area contributed by atoms with Crippen LogP contribution in [0.4, 0.5) is 0 Å². The van der Waals surface area contributed by atoms with Crippen molar-refractivity contribution in [2.75, 3.05) is 7.11 Å². The molecule has 2 unspecified atom stereocenters. The lowest BCUT2D eigenvalue weighted by molar-refractivity contribution is -0.143. The third-order valence-electron chi connectivity index (χ3n) is 2.61. The smallest absolute Gasteiger partial charge is 0.329 e. The van der Waals surface area contributed by atoms with Gasteiger partial charge < -0.3 is 4.74 Å². The number of ether oxygens (including phenoxy) is 1. The number of hydrogen-bond acceptors (Lipinski definition) is 4. The van der Waals surface area contributed by atoms with Gasteiger partial charge in [0.2, 0.25) is 0 Å². The van der Waals surface area contributed by atoms with Gasteiger partial charge in [-0.2, -0.15) is 0 Å². The van der Waals surface area contributed by atoms with Crippen LogP contribution in [-0.2, 0) is 9.53 Å². The van der Waals surface area contributed by atoms with Gasteiger partial charge in [-0.15, -0.1) is 0 Å². The van der Waals surface area contributed by atoms with Crippen LogP contribution in [0.3, 0.4) is 0 Å². The molecule has 0 aliphatic heterocycles. The van der Waals surface area contributed by atoms with Crippen molar-refractivity contribution in [1.29, 1.82) is 0 Å². The summed E-state index contributed by atoms with van der Waals surface area (Å²) in [5.41, 5.74) is 0.630. The second-order valence-electron chi connectivity index (χ2n) is 3.95. The molecule has 6 heteroatoms. The highest BCUT2D eigenvalue weighted by molar-refractivity contribution is 9.11. The summed E-state index contributed by atoms with van der Waals surface area (Å²) < 4.78 is 6.44. The predicted octanol–water partition coefficient (Wildman–Crippen LogP) is 3.21. The molecule has 0 aromatic carbocycles. The molecule has 1 N–H and O–H groups in total. The molecule has 0 bridgehead atoms. The zero-order valence-electron chi connectivity index (χ0n) is 10.5. The maximum Gasteiger partial charge on any atom is 0.329 e. The molecule has 1 heterocycles. The Kier molecular flexibility index (Phi) is 6.25. The highest BCUT2D eigenvalue weighted by Crippen LogP contribution is 2.25. The molecular formula is C12H16Br2N2O2. The molecule has 0 spiro atoms. The highest BCUT2D eigenvalue weighted by Gasteiger charge is 2.26. The molecule has 0 aliphatic carbocycles. The lowest BCUT2D eigenvalue weighted by Gasteiger charge is -2.21. The summed E-state index contributed by atoms with van der Waals surface area (Å²) in [6.45, 7) is 4.07. The van der Waals surface area contributed by atoms with Gasteiger partial charge in [0.05, 0.1) is 12.8 Å². The Morgan fingerprint density at radius 1 is 1.56 bits per heavy atom. The van der Waals surface area contributed by atoms with Crippen molar-refractivity contribution in [3.05, 3.63) is 26.9 Å². The van der Waals surface area contributed by atoms with Crippen LogP contribution in [0.5, 0.6) is 0 Å². The van der Waals surface area contributed by atoms with Gasteiger partial charge in [0.15, 0.2) is 0 Å². The fraction of sp³-hybridized carbons (Fsp3) is 0.500. The Balaban J connectivity index is 3.05. The monoisotopic (exact) mass is 378 g/mol. The molecule has 0 fully saturated rings. The first-order valence-corrected chi connectivity index (χ1v) is 7.23. The van der Waals surface area contributed by atoms with E-state index in [1.807, 2.05) is 13.0 Å². The van der Waals surface area contributed by atoms with E-state index in [0.29, 0.717) is 5.69 Å². The highest BCUT2D eigenvalue weighted by atomic mass is 79.9. The normalized spacial score (nSPS) is 14.1. The zero-order valence-corrected chi connectivity index (χ0v) is 13.7. The SMILES string of the molecule is CCC(C)NC(C(=O)OC)c1ncc(Br)cc1Br. The molecule has 100 valence electrons. The standard InChI is InChI=1S/C12H16Br2N2O2/c1-4-7(2)16-11(12(17)18-3)10-9(14)5-8(13)6-15-10/h5-7,11,16H,4H2,1-3H3. The molecule has 4 nitrogen and oxygen atoms in total. The number of halogens is 2. The summed E-state index contributed by atoms with van der Waals surface area (Å²) >= 11 is 6.75. The minimum Gasteiger partial charge on any atom is -0.468 e. The van der Waals surface area contributed by atoms with Crippen molar-refractivity contribution in [3.8, 4) is 0 Å². The van der Waals surface area contributed by atoms with E-state index in [4.69, 9.17) is 4.74 Å². The minimum atomic E-state index is -0.563. The molecule has 0 radical (unpaired) electrons. The fourth-order valence-electron chi connectivity index (χ4n) is 1.42. The lowest BCUT2D eigenvalue weighted by Crippen LogP contribution is -2.36. The number of pyridine rings is 1. The third kappa shape index (κ3) is 4.03. The maximum absolute atomic E-state index is 11.8. The van der Waals surface area contributed by atoms with Crippen LogP contribution in [-0.4, -0.2) is 24.1 Å². The van der Waals surface area contributed by atoms with Gasteiger partial charge in [-0.3, -0.25) is 10.3 Å². The Bertz CT molecular complexity index is 427. The number of carbonyl (C=O) groups is 1. The Hall–Kier alpha value is -0.460. The number of nitrogens with zero attached hydrogens (tertiary/aromatic N) is 1. The number of methoxy groups -OCH3 is 1. The number of rotatable bonds is 5. The summed E-state index contributed by atoms with van der Waals surface area (Å²) in [5, 5.41) is 3.21. The van der Waals surface area contributed by atoms with Crippen LogP contribution in [0.1, 0.15) is 32.0 Å². The molecule has 0 saturated carbocycles. The van der Waals surface area contributed by atoms with Crippen molar-refractivity contribution in [3.63, 3.8) is 0 Å². The van der Waals surface area contributed by atoms with E-state index in [2.05, 4.69) is 49.1 Å². The molecule has 1 aromatic rings. The minimum absolute atomic E-state index is 0.200. The van der Waals surface area contributed by atoms with E-state index in [-0.39, 0.29) is 12.0 Å². The van der Waals surface area contributed by atoms with E-state index >= 15 is 0 Å². The quantitative estimate of drug-likeness (QED) is 0.798. The summed E-state index contributed by atoms with van der Waals surface area (Å²) in [6, 6.07) is 1.50. The molecule has 0 aliphatic rings. The average Bonchev–Trinajstić information content (AvgIpc) is 2.35. The largest absolute Gasteiger partial charge is 0.468 e. The van der Waals surface area contributed by atoms with Crippen LogP contribution in [0.25, 0.3) is 0 Å². The second kappa shape index (κ2) is 7.21. The number of carbonyl (C=O) groups excluding carboxylic acids is 1. The molecule has 0 saturated heterocycles. The van der Waals surface area contributed by atoms with Crippen LogP contribution < -0.4 is 5.32 Å². The van der Waals surface area contributed by atoms with Crippen molar-refractivity contribution in [2.24, 2.45) is 0 Å². The summed E-state index contributed by atoms with van der Waals surface area (Å²) in [6.07, 6.45) is 2.58. The van der Waals surface area contributed by atoms with E-state index in [1.165, 1.54) is 7.11 Å². The Labute approximate surface area is 124 Å². The van der Waals surface area contributed by atoms with E-state index in [0.717, 1.165) is 15.4 Å². The topological polar surface area (TPSA) is 51.2 Å². The van der Waals surface area contributed by atoms with Crippen molar-refractivity contribution in [2.45, 2.75) is 32.4 Å². The van der Waals surface area contributed by atoms with E-state index < -0.39 is 6.04 Å². The number of hydrogen-bond donors (Lipinski definition) is 1. The maximum atomic E-state index is 11.8. The molecule has 2 atom stereocenters. The average molecular weight is 380 g/mol. The Morgan fingerprint density at radius 3 is 2.72 bits per heavy atom. The molecule has 0 amide bonds. The zero-order chi connectivity index (χ0) is 13.7. The lowest BCUT2D eigenvalue weighted by atomic mass is 10.1. The molecule has 1 rings (SSSR count). The predicted molar refractivity (Wildman–Crippen MR) is 77.3 cm³/mol. The van der Waals surface area contributed by atoms with Gasteiger partial charge in [-0.05, 0) is 51.3 Å². The van der Waals surface area contributed by atoms with Gasteiger partial charge in [0.25, 0.3) is 0 Å². The van der Waals surface area contributed by atoms with Crippen LogP contribution in [0.2, 0.25) is 0 Å². The fourth-order valence-corrected chi connectivity index (χ4v) is 2.63. The number of esters is 1. The molecular weight excluding hydrogens is 364 g/mol. The van der Waals surface area contributed by atoms with Crippen LogP contribution in [0.15, 0.2) is 21.2 Å². The van der Waals surface area contributed by atoms with Crippen molar-refractivity contribution < 1.29 is 9.53 Å².